The fraction of sp³-hybridized carbons (Fsp3) is 0.167. The van der Waals surface area contributed by atoms with Gasteiger partial charge < -0.3 is 5.32 Å². The van der Waals surface area contributed by atoms with Gasteiger partial charge in [0, 0.05) is 12.2 Å². The lowest BCUT2D eigenvalue weighted by Gasteiger charge is -2.13. The van der Waals surface area contributed by atoms with Gasteiger partial charge in [-0.1, -0.05) is 12.1 Å². The Hall–Kier alpha value is -3.07. The molecule has 0 aliphatic carbocycles. The van der Waals surface area contributed by atoms with Crippen molar-refractivity contribution >= 4 is 33.2 Å². The number of benzene rings is 2. The van der Waals surface area contributed by atoms with Crippen molar-refractivity contribution in [1.82, 2.24) is 4.90 Å². The Morgan fingerprint density at radius 1 is 0.963 bits per heavy atom. The maximum absolute atomic E-state index is 12.8. The number of hydrogen-bond acceptors (Lipinski definition) is 5. The first-order valence-corrected chi connectivity index (χ1v) is 9.80. The zero-order valence-corrected chi connectivity index (χ0v) is 14.8. The number of carbonyl (C=O) groups is 3. The summed E-state index contributed by atoms with van der Waals surface area (Å²) >= 11 is 0. The molecule has 0 saturated heterocycles. The number of hydrogen-bond donors (Lipinski definition) is 1. The average Bonchev–Trinajstić information content (AvgIpc) is 2.86. The first-order valence-electron chi connectivity index (χ1n) is 7.98. The van der Waals surface area contributed by atoms with Crippen LogP contribution in [0.2, 0.25) is 0 Å². The SMILES string of the molecule is O=C(CS(=O)(=O)CCN1C(=O)c2ccccc2C1=O)Nc1ccc(F)cc1. The van der Waals surface area contributed by atoms with Crippen LogP contribution in [0.15, 0.2) is 48.5 Å². The van der Waals surface area contributed by atoms with Crippen LogP contribution in [0, 0.1) is 5.82 Å². The Bertz CT molecular complexity index is 983. The smallest absolute Gasteiger partial charge is 0.261 e. The second kappa shape index (κ2) is 7.28. The number of amides is 3. The summed E-state index contributed by atoms with van der Waals surface area (Å²) in [6.07, 6.45) is 0. The molecule has 0 bridgehead atoms. The normalized spacial score (nSPS) is 13.6. The highest BCUT2D eigenvalue weighted by Gasteiger charge is 2.35. The molecule has 1 N–H and O–H groups in total. The lowest BCUT2D eigenvalue weighted by atomic mass is 10.1. The minimum Gasteiger partial charge on any atom is -0.325 e. The molecule has 1 aliphatic rings. The number of nitrogens with one attached hydrogen (secondary N) is 1. The summed E-state index contributed by atoms with van der Waals surface area (Å²) in [5.41, 5.74) is 0.722. The molecule has 3 amide bonds. The van der Waals surface area contributed by atoms with Crippen LogP contribution >= 0.6 is 0 Å². The molecular weight excluding hydrogens is 375 g/mol. The molecule has 0 unspecified atom stereocenters. The van der Waals surface area contributed by atoms with Gasteiger partial charge in [-0.05, 0) is 36.4 Å². The summed E-state index contributed by atoms with van der Waals surface area (Å²) in [5.74, 6) is -3.73. The molecule has 2 aromatic carbocycles. The maximum atomic E-state index is 12.8. The van der Waals surface area contributed by atoms with E-state index < -0.39 is 44.9 Å². The summed E-state index contributed by atoms with van der Waals surface area (Å²) in [6, 6.07) is 11.1. The summed E-state index contributed by atoms with van der Waals surface area (Å²) < 4.78 is 37.2. The summed E-state index contributed by atoms with van der Waals surface area (Å²) in [6.45, 7) is -0.335. The van der Waals surface area contributed by atoms with Crippen LogP contribution in [0.3, 0.4) is 0 Å². The van der Waals surface area contributed by atoms with Crippen LogP contribution in [-0.4, -0.2) is 49.1 Å². The summed E-state index contributed by atoms with van der Waals surface area (Å²) in [4.78, 5) is 37.2. The third-order valence-corrected chi connectivity index (χ3v) is 5.49. The lowest BCUT2D eigenvalue weighted by molar-refractivity contribution is -0.113. The van der Waals surface area contributed by atoms with E-state index >= 15 is 0 Å². The molecule has 3 rings (SSSR count). The minimum atomic E-state index is -3.86. The number of imide groups is 1. The number of halogens is 1. The maximum Gasteiger partial charge on any atom is 0.261 e. The largest absolute Gasteiger partial charge is 0.325 e. The van der Waals surface area contributed by atoms with Gasteiger partial charge in [-0.15, -0.1) is 0 Å². The monoisotopic (exact) mass is 390 g/mol. The van der Waals surface area contributed by atoms with Crippen LogP contribution in [0.5, 0.6) is 0 Å². The highest BCUT2D eigenvalue weighted by molar-refractivity contribution is 7.92. The summed E-state index contributed by atoms with van der Waals surface area (Å²) in [5, 5.41) is 2.35. The Morgan fingerprint density at radius 2 is 1.52 bits per heavy atom. The molecular formula is C18H15FN2O5S. The molecule has 0 fully saturated rings. The molecule has 0 aromatic heterocycles. The molecule has 1 aliphatic heterocycles. The second-order valence-corrected chi connectivity index (χ2v) is 8.14. The zero-order valence-electron chi connectivity index (χ0n) is 14.0. The first-order chi connectivity index (χ1) is 12.8. The zero-order chi connectivity index (χ0) is 19.6. The van der Waals surface area contributed by atoms with Gasteiger partial charge in [0.15, 0.2) is 9.84 Å². The fourth-order valence-corrected chi connectivity index (χ4v) is 3.75. The van der Waals surface area contributed by atoms with E-state index in [0.717, 1.165) is 17.0 Å². The second-order valence-electron chi connectivity index (χ2n) is 5.95. The molecule has 9 heteroatoms. The number of fused-ring (bicyclic) bond motifs is 1. The molecule has 0 saturated carbocycles. The molecule has 2 aromatic rings. The third kappa shape index (κ3) is 4.20. The van der Waals surface area contributed by atoms with E-state index in [1.807, 2.05) is 0 Å². The van der Waals surface area contributed by atoms with E-state index in [4.69, 9.17) is 0 Å². The Labute approximate surface area is 154 Å². The average molecular weight is 390 g/mol. The Morgan fingerprint density at radius 3 is 2.07 bits per heavy atom. The van der Waals surface area contributed by atoms with E-state index in [9.17, 15) is 27.2 Å². The highest BCUT2D eigenvalue weighted by atomic mass is 32.2. The van der Waals surface area contributed by atoms with Crippen molar-refractivity contribution in [3.8, 4) is 0 Å². The van der Waals surface area contributed by atoms with Crippen LogP contribution in [-0.2, 0) is 14.6 Å². The third-order valence-electron chi connectivity index (χ3n) is 3.98. The van der Waals surface area contributed by atoms with Crippen molar-refractivity contribution in [3.63, 3.8) is 0 Å². The highest BCUT2D eigenvalue weighted by Crippen LogP contribution is 2.22. The van der Waals surface area contributed by atoms with Crippen molar-refractivity contribution in [2.75, 3.05) is 23.4 Å². The van der Waals surface area contributed by atoms with Crippen molar-refractivity contribution in [1.29, 1.82) is 0 Å². The fourth-order valence-electron chi connectivity index (χ4n) is 2.67. The predicted octanol–water partition coefficient (Wildman–Crippen LogP) is 1.48. The lowest BCUT2D eigenvalue weighted by Crippen LogP contribution is -2.36. The number of nitrogens with zero attached hydrogens (tertiary/aromatic N) is 1. The van der Waals surface area contributed by atoms with Gasteiger partial charge in [0.25, 0.3) is 11.8 Å². The van der Waals surface area contributed by atoms with Gasteiger partial charge in [-0.3, -0.25) is 19.3 Å². The Kier molecular flexibility index (Phi) is 5.04. The molecule has 0 atom stereocenters. The van der Waals surface area contributed by atoms with E-state index in [1.54, 1.807) is 12.1 Å². The van der Waals surface area contributed by atoms with Crippen LogP contribution in [0.1, 0.15) is 20.7 Å². The number of carbonyl (C=O) groups excluding carboxylic acids is 3. The van der Waals surface area contributed by atoms with Crippen LogP contribution in [0.25, 0.3) is 0 Å². The van der Waals surface area contributed by atoms with E-state index in [-0.39, 0.29) is 23.4 Å². The van der Waals surface area contributed by atoms with E-state index in [0.29, 0.717) is 0 Å². The molecule has 0 radical (unpaired) electrons. The van der Waals surface area contributed by atoms with Gasteiger partial charge >= 0.3 is 0 Å². The first kappa shape index (κ1) is 18.7. The van der Waals surface area contributed by atoms with Crippen molar-refractivity contribution in [3.05, 3.63) is 65.5 Å². The van der Waals surface area contributed by atoms with Gasteiger partial charge in [-0.2, -0.15) is 0 Å². The summed E-state index contributed by atoms with van der Waals surface area (Å²) in [7, 11) is -3.86. The van der Waals surface area contributed by atoms with E-state index in [1.165, 1.54) is 24.3 Å². The quantitative estimate of drug-likeness (QED) is 0.753. The van der Waals surface area contributed by atoms with Gasteiger partial charge in [-0.25, -0.2) is 12.8 Å². The van der Waals surface area contributed by atoms with Gasteiger partial charge in [0.05, 0.1) is 16.9 Å². The van der Waals surface area contributed by atoms with Crippen molar-refractivity contribution in [2.45, 2.75) is 0 Å². The number of anilines is 1. The van der Waals surface area contributed by atoms with Gasteiger partial charge in [0.1, 0.15) is 11.6 Å². The van der Waals surface area contributed by atoms with Crippen molar-refractivity contribution < 1.29 is 27.2 Å². The van der Waals surface area contributed by atoms with Crippen LogP contribution in [0.4, 0.5) is 10.1 Å². The molecule has 0 spiro atoms. The standard InChI is InChI=1S/C18H15FN2O5S/c19-12-5-7-13(8-6-12)20-16(22)11-27(25,26)10-9-21-17(23)14-3-1-2-4-15(14)18(21)24/h1-8H,9-11H2,(H,20,22). The van der Waals surface area contributed by atoms with E-state index in [2.05, 4.69) is 5.32 Å². The molecule has 27 heavy (non-hydrogen) atoms. The molecule has 1 heterocycles. The number of sulfone groups is 1. The number of rotatable bonds is 6. The predicted molar refractivity (Wildman–Crippen MR) is 95.5 cm³/mol. The molecule has 7 nitrogen and oxygen atoms in total. The van der Waals surface area contributed by atoms with Gasteiger partial charge in [0.2, 0.25) is 5.91 Å². The minimum absolute atomic E-state index is 0.231. The molecule has 140 valence electrons. The topological polar surface area (TPSA) is 101 Å². The van der Waals surface area contributed by atoms with Crippen LogP contribution < -0.4 is 5.32 Å². The van der Waals surface area contributed by atoms with Crippen molar-refractivity contribution in [2.24, 2.45) is 0 Å². The Balaban J connectivity index is 1.59.